The Hall–Kier alpha value is -2.24. The van der Waals surface area contributed by atoms with E-state index in [0.29, 0.717) is 6.54 Å². The number of aromatic nitrogens is 1. The molecule has 1 saturated heterocycles. The van der Waals surface area contributed by atoms with E-state index in [2.05, 4.69) is 28.4 Å². The van der Waals surface area contributed by atoms with Crippen LogP contribution in [-0.2, 0) is 4.79 Å². The molecule has 4 nitrogen and oxygen atoms in total. The molecule has 1 N–H and O–H groups in total. The van der Waals surface area contributed by atoms with Crippen molar-refractivity contribution >= 4 is 33.1 Å². The topological polar surface area (TPSA) is 45.2 Å². The Balaban J connectivity index is 1.51. The maximum Gasteiger partial charge on any atom is 0.238 e. The van der Waals surface area contributed by atoms with Crippen LogP contribution in [0.5, 0.6) is 0 Å². The van der Waals surface area contributed by atoms with Gasteiger partial charge in [-0.2, -0.15) is 0 Å². The van der Waals surface area contributed by atoms with Gasteiger partial charge < -0.3 is 5.32 Å². The highest BCUT2D eigenvalue weighted by Crippen LogP contribution is 2.35. The second-order valence-corrected chi connectivity index (χ2v) is 8.38. The summed E-state index contributed by atoms with van der Waals surface area (Å²) >= 11 is 1.76. The van der Waals surface area contributed by atoms with E-state index in [9.17, 15) is 4.79 Å². The van der Waals surface area contributed by atoms with Crippen LogP contribution in [0.15, 0.2) is 42.5 Å². The number of thiazole rings is 1. The van der Waals surface area contributed by atoms with Crippen molar-refractivity contribution in [3.05, 3.63) is 58.6 Å². The lowest BCUT2D eigenvalue weighted by Crippen LogP contribution is -2.39. The first-order valence-corrected chi connectivity index (χ1v) is 10.4. The zero-order chi connectivity index (χ0) is 18.8. The van der Waals surface area contributed by atoms with Crippen LogP contribution >= 0.6 is 11.3 Å². The van der Waals surface area contributed by atoms with Crippen molar-refractivity contribution in [3.63, 3.8) is 0 Å². The third kappa shape index (κ3) is 3.89. The van der Waals surface area contributed by atoms with Crippen LogP contribution < -0.4 is 5.32 Å². The summed E-state index contributed by atoms with van der Waals surface area (Å²) in [6.45, 7) is 5.43. The largest absolute Gasteiger partial charge is 0.324 e. The Kier molecular flexibility index (Phi) is 5.23. The molecule has 0 unspecified atom stereocenters. The number of aryl methyl sites for hydroxylation is 2. The van der Waals surface area contributed by atoms with Crippen LogP contribution in [0.4, 0.5) is 5.69 Å². The van der Waals surface area contributed by atoms with E-state index in [4.69, 9.17) is 4.98 Å². The molecule has 1 amide bonds. The van der Waals surface area contributed by atoms with Gasteiger partial charge in [-0.3, -0.25) is 9.69 Å². The molecule has 4 rings (SSSR count). The van der Waals surface area contributed by atoms with Crippen molar-refractivity contribution in [2.24, 2.45) is 0 Å². The molecule has 5 heteroatoms. The predicted molar refractivity (Wildman–Crippen MR) is 112 cm³/mol. The average Bonchev–Trinajstić information content (AvgIpc) is 3.09. The van der Waals surface area contributed by atoms with Crippen molar-refractivity contribution in [2.75, 3.05) is 18.4 Å². The van der Waals surface area contributed by atoms with E-state index < -0.39 is 0 Å². The molecule has 0 bridgehead atoms. The van der Waals surface area contributed by atoms with Crippen LogP contribution in [0.1, 0.15) is 41.4 Å². The Morgan fingerprint density at radius 2 is 1.93 bits per heavy atom. The lowest BCUT2D eigenvalue weighted by molar-refractivity contribution is -0.118. The molecule has 1 aliphatic rings. The quantitative estimate of drug-likeness (QED) is 0.688. The average molecular weight is 380 g/mol. The molecule has 0 spiro atoms. The predicted octanol–water partition coefficient (Wildman–Crippen LogP) is 5.08. The number of nitrogens with one attached hydrogen (secondary N) is 1. The van der Waals surface area contributed by atoms with Crippen LogP contribution in [-0.4, -0.2) is 28.9 Å². The Morgan fingerprint density at radius 1 is 1.15 bits per heavy atom. The number of amides is 1. The molecule has 0 radical (unpaired) electrons. The summed E-state index contributed by atoms with van der Waals surface area (Å²) in [6, 6.07) is 14.6. The van der Waals surface area contributed by atoms with Gasteiger partial charge in [-0.1, -0.05) is 36.8 Å². The summed E-state index contributed by atoms with van der Waals surface area (Å²) in [5, 5.41) is 4.26. The monoisotopic (exact) mass is 379 g/mol. The Labute approximate surface area is 164 Å². The van der Waals surface area contributed by atoms with E-state index in [1.165, 1.54) is 11.1 Å². The van der Waals surface area contributed by atoms with E-state index >= 15 is 0 Å². The first kappa shape index (κ1) is 18.1. The molecule has 3 aromatic rings. The fraction of sp³-hybridized carbons (Fsp3) is 0.364. The SMILES string of the molecule is Cc1cccc(C)c1NC(=O)CN1CCCC[C@@H]1c1nc2ccccc2s1. The number of benzene rings is 2. The second-order valence-electron chi connectivity index (χ2n) is 7.32. The number of hydrogen-bond acceptors (Lipinski definition) is 4. The summed E-state index contributed by atoms with van der Waals surface area (Å²) in [5.41, 5.74) is 4.20. The van der Waals surface area contributed by atoms with Crippen molar-refractivity contribution < 1.29 is 4.79 Å². The number of carbonyl (C=O) groups is 1. The third-order valence-electron chi connectivity index (χ3n) is 5.30. The number of carbonyl (C=O) groups excluding carboxylic acids is 1. The number of piperidine rings is 1. The number of nitrogens with zero attached hydrogens (tertiary/aromatic N) is 2. The lowest BCUT2D eigenvalue weighted by Gasteiger charge is -2.33. The molecule has 27 heavy (non-hydrogen) atoms. The van der Waals surface area contributed by atoms with E-state index in [-0.39, 0.29) is 11.9 Å². The molecule has 2 aromatic carbocycles. The summed E-state index contributed by atoms with van der Waals surface area (Å²) in [5.74, 6) is 0.0559. The first-order chi connectivity index (χ1) is 13.1. The van der Waals surface area contributed by atoms with Crippen molar-refractivity contribution in [2.45, 2.75) is 39.2 Å². The molecule has 2 heterocycles. The van der Waals surface area contributed by atoms with Gasteiger partial charge >= 0.3 is 0 Å². The molecule has 0 saturated carbocycles. The highest BCUT2D eigenvalue weighted by molar-refractivity contribution is 7.18. The van der Waals surface area contributed by atoms with Crippen molar-refractivity contribution in [1.82, 2.24) is 9.88 Å². The Morgan fingerprint density at radius 3 is 2.70 bits per heavy atom. The van der Waals surface area contributed by atoms with Gasteiger partial charge in [0.1, 0.15) is 5.01 Å². The first-order valence-electron chi connectivity index (χ1n) is 9.57. The minimum atomic E-state index is 0.0559. The highest BCUT2D eigenvalue weighted by Gasteiger charge is 2.28. The van der Waals surface area contributed by atoms with Crippen LogP contribution in [0.25, 0.3) is 10.2 Å². The van der Waals surface area contributed by atoms with Gasteiger partial charge in [0.25, 0.3) is 0 Å². The maximum absolute atomic E-state index is 12.8. The molecule has 1 atom stereocenters. The Bertz CT molecular complexity index is 912. The molecular weight excluding hydrogens is 354 g/mol. The standard InChI is InChI=1S/C22H25N3OS/c1-15-8-7-9-16(2)21(15)24-20(26)14-25-13-6-5-11-18(25)22-23-17-10-3-4-12-19(17)27-22/h3-4,7-10,12,18H,5-6,11,13-14H2,1-2H3,(H,24,26)/t18-/m1/s1. The van der Waals surface area contributed by atoms with E-state index in [0.717, 1.165) is 46.7 Å². The summed E-state index contributed by atoms with van der Waals surface area (Å²) in [7, 11) is 0. The maximum atomic E-state index is 12.8. The van der Waals surface area contributed by atoms with E-state index in [1.807, 2.05) is 38.1 Å². The number of fused-ring (bicyclic) bond motifs is 1. The van der Waals surface area contributed by atoms with Crippen LogP contribution in [0.2, 0.25) is 0 Å². The number of likely N-dealkylation sites (tertiary alicyclic amines) is 1. The van der Waals surface area contributed by atoms with Gasteiger partial charge in [0.15, 0.2) is 0 Å². The molecule has 0 aliphatic carbocycles. The van der Waals surface area contributed by atoms with Gasteiger partial charge in [0, 0.05) is 5.69 Å². The zero-order valence-corrected chi connectivity index (χ0v) is 16.7. The molecule has 140 valence electrons. The number of anilines is 1. The molecular formula is C22H25N3OS. The minimum absolute atomic E-state index is 0.0559. The zero-order valence-electron chi connectivity index (χ0n) is 15.9. The van der Waals surface area contributed by atoms with Gasteiger partial charge in [-0.05, 0) is 56.5 Å². The highest BCUT2D eigenvalue weighted by atomic mass is 32.1. The molecule has 1 aromatic heterocycles. The van der Waals surface area contributed by atoms with Crippen LogP contribution in [0, 0.1) is 13.8 Å². The van der Waals surface area contributed by atoms with Gasteiger partial charge in [-0.25, -0.2) is 4.98 Å². The number of para-hydroxylation sites is 2. The van der Waals surface area contributed by atoms with Crippen molar-refractivity contribution in [1.29, 1.82) is 0 Å². The summed E-state index contributed by atoms with van der Waals surface area (Å²) in [4.78, 5) is 19.9. The van der Waals surface area contributed by atoms with E-state index in [1.54, 1.807) is 11.3 Å². The fourth-order valence-electron chi connectivity index (χ4n) is 3.87. The lowest BCUT2D eigenvalue weighted by atomic mass is 10.0. The normalized spacial score (nSPS) is 17.9. The summed E-state index contributed by atoms with van der Waals surface area (Å²) < 4.78 is 1.22. The number of rotatable bonds is 4. The van der Waals surface area contributed by atoms with Gasteiger partial charge in [0.05, 0.1) is 22.8 Å². The van der Waals surface area contributed by atoms with Crippen molar-refractivity contribution in [3.8, 4) is 0 Å². The number of hydrogen-bond donors (Lipinski definition) is 1. The molecule has 1 fully saturated rings. The second kappa shape index (κ2) is 7.79. The van der Waals surface area contributed by atoms with Gasteiger partial charge in [0.2, 0.25) is 5.91 Å². The third-order valence-corrected chi connectivity index (χ3v) is 6.44. The minimum Gasteiger partial charge on any atom is -0.324 e. The summed E-state index contributed by atoms with van der Waals surface area (Å²) in [6.07, 6.45) is 3.39. The fourth-order valence-corrected chi connectivity index (χ4v) is 5.00. The van der Waals surface area contributed by atoms with Gasteiger partial charge in [-0.15, -0.1) is 11.3 Å². The molecule has 1 aliphatic heterocycles. The van der Waals surface area contributed by atoms with Crippen LogP contribution in [0.3, 0.4) is 0 Å². The smallest absolute Gasteiger partial charge is 0.238 e.